The second kappa shape index (κ2) is 14.0. The molecule has 6 N–H and O–H groups in total. The predicted molar refractivity (Wildman–Crippen MR) is 141 cm³/mol. The number of phenolic OH excluding ortho intramolecular Hbond substituents is 2. The molecule has 2 aromatic rings. The van der Waals surface area contributed by atoms with Gasteiger partial charge in [0.15, 0.2) is 0 Å². The third kappa shape index (κ3) is 8.04. The number of nitrogens with one attached hydrogen (secondary N) is 2. The summed E-state index contributed by atoms with van der Waals surface area (Å²) < 4.78 is 8.85. The highest BCUT2D eigenvalue weighted by Crippen LogP contribution is 2.42. The van der Waals surface area contributed by atoms with Crippen LogP contribution in [-0.4, -0.2) is 53.1 Å². The zero-order valence-corrected chi connectivity index (χ0v) is 22.3. The van der Waals surface area contributed by atoms with Crippen LogP contribution >= 0.6 is 31.9 Å². The van der Waals surface area contributed by atoms with E-state index in [1.54, 1.807) is 0 Å². The van der Waals surface area contributed by atoms with Crippen molar-refractivity contribution >= 4 is 78.4 Å². The van der Waals surface area contributed by atoms with E-state index < -0.39 is 34.2 Å². The van der Waals surface area contributed by atoms with Gasteiger partial charge in [-0.25, -0.2) is 9.59 Å². The Morgan fingerprint density at radius 2 is 1.27 bits per heavy atom. The molecule has 2 amide bonds. The lowest BCUT2D eigenvalue weighted by Crippen LogP contribution is -2.11. The second-order valence-corrected chi connectivity index (χ2v) is 8.22. The van der Waals surface area contributed by atoms with E-state index in [0.717, 1.165) is 20.1 Å². The molecule has 0 fully saturated rings. The van der Waals surface area contributed by atoms with Crippen molar-refractivity contribution in [3.63, 3.8) is 0 Å². The number of nitrogens with zero attached hydrogens (tertiary/aromatic N) is 1. The number of rotatable bonds is 5. The van der Waals surface area contributed by atoms with Gasteiger partial charge >= 0.3 is 11.9 Å². The SMILES string of the molecule is C.COC(=O)c1cc(N)c(NC(C)=O)c(Br)c1O.COC(=O)c1cc([N+](=O)[O-])c(NC(C)=O)c(Br)c1O. The molecule has 0 radical (unpaired) electrons. The molecule has 202 valence electrons. The van der Waals surface area contributed by atoms with Gasteiger partial charge in [-0.1, -0.05) is 7.43 Å². The van der Waals surface area contributed by atoms with Crippen LogP contribution < -0.4 is 16.4 Å². The van der Waals surface area contributed by atoms with Crippen LogP contribution in [0.2, 0.25) is 0 Å². The molecular weight excluding hydrogens is 628 g/mol. The second-order valence-electron chi connectivity index (χ2n) is 6.63. The Bertz CT molecular complexity index is 1250. The summed E-state index contributed by atoms with van der Waals surface area (Å²) >= 11 is 5.95. The van der Waals surface area contributed by atoms with Gasteiger partial charge in [0.2, 0.25) is 11.8 Å². The minimum Gasteiger partial charge on any atom is -0.506 e. The van der Waals surface area contributed by atoms with Gasteiger partial charge in [-0.3, -0.25) is 19.7 Å². The first-order valence-electron chi connectivity index (χ1n) is 9.40. The van der Waals surface area contributed by atoms with Crippen molar-refractivity contribution in [3.05, 3.63) is 42.3 Å². The fourth-order valence-electron chi connectivity index (χ4n) is 2.56. The highest BCUT2D eigenvalue weighted by Gasteiger charge is 2.27. The van der Waals surface area contributed by atoms with E-state index in [0.29, 0.717) is 0 Å². The van der Waals surface area contributed by atoms with Crippen LogP contribution in [0.3, 0.4) is 0 Å². The first-order valence-corrected chi connectivity index (χ1v) is 11.0. The van der Waals surface area contributed by atoms with Gasteiger partial charge in [0.05, 0.1) is 39.5 Å². The van der Waals surface area contributed by atoms with E-state index in [1.807, 2.05) is 0 Å². The van der Waals surface area contributed by atoms with Crippen LogP contribution in [0, 0.1) is 10.1 Å². The Kier molecular flexibility index (Phi) is 12.5. The molecule has 0 aliphatic rings. The summed E-state index contributed by atoms with van der Waals surface area (Å²) in [5.74, 6) is -3.45. The van der Waals surface area contributed by atoms with Gasteiger partial charge < -0.3 is 36.1 Å². The number of hydrogen-bond acceptors (Lipinski definition) is 11. The van der Waals surface area contributed by atoms with Gasteiger partial charge in [-0.15, -0.1) is 0 Å². The van der Waals surface area contributed by atoms with Gasteiger partial charge in [-0.05, 0) is 37.9 Å². The third-order valence-corrected chi connectivity index (χ3v) is 5.64. The lowest BCUT2D eigenvalue weighted by Gasteiger charge is -2.12. The number of nitro benzene ring substituents is 1. The van der Waals surface area contributed by atoms with Crippen LogP contribution in [0.5, 0.6) is 11.5 Å². The van der Waals surface area contributed by atoms with Gasteiger partial charge in [-0.2, -0.15) is 0 Å². The van der Waals surface area contributed by atoms with E-state index >= 15 is 0 Å². The van der Waals surface area contributed by atoms with Crippen molar-refractivity contribution in [2.75, 3.05) is 30.6 Å². The number of anilines is 3. The number of nitro groups is 1. The van der Waals surface area contributed by atoms with Gasteiger partial charge in [0.1, 0.15) is 28.3 Å². The average Bonchev–Trinajstić information content (AvgIpc) is 2.81. The number of carbonyl (C=O) groups is 4. The number of halogens is 2. The fourth-order valence-corrected chi connectivity index (χ4v) is 3.62. The number of benzene rings is 2. The summed E-state index contributed by atoms with van der Waals surface area (Å²) in [7, 11) is 2.26. The number of amides is 2. The molecule has 0 aromatic heterocycles. The molecular formula is C21H24Br2N4O10. The standard InChI is InChI=1S/C10H9BrN2O6.C10H11BrN2O4.CH4/c1-4(14)12-8-6(13(17)18)3-5(10(16)19-2)9(15)7(8)11;1-4(14)13-8-6(12)3-5(10(16)17-2)9(15)7(8)11;/h3,15H,1-2H3,(H,12,14);3,15H,12H2,1-2H3,(H,13,14);1H4. The van der Waals surface area contributed by atoms with Crippen LogP contribution in [0.4, 0.5) is 22.7 Å². The average molecular weight is 652 g/mol. The minimum absolute atomic E-state index is 0. The summed E-state index contributed by atoms with van der Waals surface area (Å²) in [4.78, 5) is 54.8. The lowest BCUT2D eigenvalue weighted by atomic mass is 10.1. The zero-order chi connectivity index (χ0) is 27.9. The maximum absolute atomic E-state index is 11.4. The highest BCUT2D eigenvalue weighted by atomic mass is 79.9. The molecule has 0 heterocycles. The number of nitrogen functional groups attached to an aromatic ring is 1. The zero-order valence-electron chi connectivity index (χ0n) is 19.1. The quantitative estimate of drug-likeness (QED) is 0.102. The Hall–Kier alpha value is -3.92. The Morgan fingerprint density at radius 1 is 0.892 bits per heavy atom. The lowest BCUT2D eigenvalue weighted by molar-refractivity contribution is -0.384. The van der Waals surface area contributed by atoms with Crippen molar-refractivity contribution in [2.45, 2.75) is 21.3 Å². The molecule has 0 aliphatic carbocycles. The third-order valence-electron chi connectivity index (χ3n) is 4.10. The molecule has 0 saturated carbocycles. The number of ether oxygens (including phenoxy) is 2. The molecule has 0 bridgehead atoms. The normalized spacial score (nSPS) is 9.57. The monoisotopic (exact) mass is 650 g/mol. The smallest absolute Gasteiger partial charge is 0.341 e. The number of methoxy groups -OCH3 is 2. The molecule has 0 saturated heterocycles. The summed E-state index contributed by atoms with van der Waals surface area (Å²) in [6.45, 7) is 2.46. The van der Waals surface area contributed by atoms with Crippen molar-refractivity contribution < 1.29 is 43.8 Å². The van der Waals surface area contributed by atoms with Crippen molar-refractivity contribution in [1.82, 2.24) is 0 Å². The van der Waals surface area contributed by atoms with E-state index in [4.69, 9.17) is 5.73 Å². The molecule has 0 spiro atoms. The largest absolute Gasteiger partial charge is 0.506 e. The molecule has 0 atom stereocenters. The number of phenols is 2. The van der Waals surface area contributed by atoms with Crippen molar-refractivity contribution in [1.29, 1.82) is 0 Å². The van der Waals surface area contributed by atoms with E-state index in [9.17, 15) is 39.5 Å². The topological polar surface area (TPSA) is 220 Å². The molecule has 14 nitrogen and oxygen atoms in total. The summed E-state index contributed by atoms with van der Waals surface area (Å²) in [6.07, 6.45) is 0. The van der Waals surface area contributed by atoms with E-state index in [-0.39, 0.29) is 56.2 Å². The van der Waals surface area contributed by atoms with Crippen LogP contribution in [0.15, 0.2) is 21.1 Å². The summed E-state index contributed by atoms with van der Waals surface area (Å²) in [5.41, 5.74) is 4.79. The molecule has 2 aromatic carbocycles. The van der Waals surface area contributed by atoms with Crippen LogP contribution in [-0.2, 0) is 19.1 Å². The van der Waals surface area contributed by atoms with Gasteiger partial charge in [0.25, 0.3) is 5.69 Å². The molecule has 16 heteroatoms. The highest BCUT2D eigenvalue weighted by molar-refractivity contribution is 9.11. The molecule has 0 unspecified atom stereocenters. The first kappa shape index (κ1) is 33.1. The fraction of sp³-hybridized carbons (Fsp3) is 0.238. The van der Waals surface area contributed by atoms with E-state index in [2.05, 4.69) is 52.0 Å². The summed E-state index contributed by atoms with van der Waals surface area (Å²) in [6, 6.07) is 2.06. The number of aromatic hydroxyl groups is 2. The number of carbonyl (C=O) groups excluding carboxylic acids is 4. The Balaban J connectivity index is 0.000000686. The number of hydrogen-bond donors (Lipinski definition) is 5. The number of nitrogens with two attached hydrogens (primary N) is 1. The van der Waals surface area contributed by atoms with Crippen molar-refractivity contribution in [2.24, 2.45) is 0 Å². The Morgan fingerprint density at radius 3 is 1.65 bits per heavy atom. The maximum Gasteiger partial charge on any atom is 0.341 e. The molecule has 0 aliphatic heterocycles. The molecule has 37 heavy (non-hydrogen) atoms. The predicted octanol–water partition coefficient (Wildman–Crippen LogP) is 3.93. The molecule has 2 rings (SSSR count). The van der Waals surface area contributed by atoms with Crippen molar-refractivity contribution in [3.8, 4) is 11.5 Å². The van der Waals surface area contributed by atoms with E-state index in [1.165, 1.54) is 20.1 Å². The first-order chi connectivity index (χ1) is 16.7. The Labute approximate surface area is 227 Å². The van der Waals surface area contributed by atoms with Gasteiger partial charge in [0, 0.05) is 19.9 Å². The maximum atomic E-state index is 11.4. The van der Waals surface area contributed by atoms with Crippen LogP contribution in [0.1, 0.15) is 42.0 Å². The van der Waals surface area contributed by atoms with Crippen LogP contribution in [0.25, 0.3) is 0 Å². The minimum atomic E-state index is -0.935. The number of esters is 2. The summed E-state index contributed by atoms with van der Waals surface area (Å²) in [5, 5.41) is 35.1.